The first kappa shape index (κ1) is 15.7. The van der Waals surface area contributed by atoms with Crippen molar-refractivity contribution in [3.05, 3.63) is 45.9 Å². The number of benzene rings is 1. The molecule has 1 aromatic carbocycles. The van der Waals surface area contributed by atoms with Crippen molar-refractivity contribution in [2.24, 2.45) is 0 Å². The first-order valence-corrected chi connectivity index (χ1v) is 8.19. The Labute approximate surface area is 137 Å². The maximum absolute atomic E-state index is 13.0. The van der Waals surface area contributed by atoms with Crippen LogP contribution in [0, 0.1) is 12.7 Å². The molecule has 0 bridgehead atoms. The lowest BCUT2D eigenvalue weighted by atomic mass is 10.1. The Morgan fingerprint density at radius 3 is 2.65 bits per heavy atom. The van der Waals surface area contributed by atoms with Gasteiger partial charge in [0.25, 0.3) is 5.91 Å². The molecule has 0 unspecified atom stereocenters. The Morgan fingerprint density at radius 1 is 1.35 bits per heavy atom. The third-order valence-electron chi connectivity index (χ3n) is 4.03. The molecule has 0 aliphatic carbocycles. The van der Waals surface area contributed by atoms with Gasteiger partial charge in [-0.25, -0.2) is 4.39 Å². The van der Waals surface area contributed by atoms with Gasteiger partial charge in [0, 0.05) is 18.5 Å². The van der Waals surface area contributed by atoms with E-state index in [-0.39, 0.29) is 17.6 Å². The van der Waals surface area contributed by atoms with Crippen LogP contribution in [0.4, 0.5) is 4.39 Å². The number of carbonyl (C=O) groups excluding carboxylic acids is 2. The maximum atomic E-state index is 13.0. The quantitative estimate of drug-likeness (QED) is 0.940. The fourth-order valence-electron chi connectivity index (χ4n) is 2.70. The molecule has 2 aromatic rings. The highest BCUT2D eigenvalue weighted by atomic mass is 32.1. The van der Waals surface area contributed by atoms with Crippen LogP contribution >= 0.6 is 11.3 Å². The molecule has 3 rings (SSSR count). The lowest BCUT2D eigenvalue weighted by Gasteiger charge is -2.11. The minimum Gasteiger partial charge on any atom is -0.344 e. The molecule has 1 atom stereocenters. The van der Waals surface area contributed by atoms with Gasteiger partial charge in [0.15, 0.2) is 0 Å². The molecule has 1 aliphatic heterocycles. The van der Waals surface area contributed by atoms with Gasteiger partial charge in [-0.2, -0.15) is 0 Å². The van der Waals surface area contributed by atoms with Crippen molar-refractivity contribution in [2.45, 2.75) is 19.4 Å². The molecular formula is C17H17FN2O2S. The second kappa shape index (κ2) is 6.12. The number of amides is 2. The molecule has 0 spiro atoms. The van der Waals surface area contributed by atoms with Crippen molar-refractivity contribution >= 4 is 23.2 Å². The van der Waals surface area contributed by atoms with Gasteiger partial charge in [-0.1, -0.05) is 12.1 Å². The largest absolute Gasteiger partial charge is 0.344 e. The number of hydrogen-bond acceptors (Lipinski definition) is 3. The van der Waals surface area contributed by atoms with Crippen molar-refractivity contribution in [3.8, 4) is 11.1 Å². The molecule has 1 saturated heterocycles. The lowest BCUT2D eigenvalue weighted by Crippen LogP contribution is -2.40. The summed E-state index contributed by atoms with van der Waals surface area (Å²) in [4.78, 5) is 27.4. The third-order valence-corrected chi connectivity index (χ3v) is 5.08. The molecule has 2 amide bonds. The number of rotatable bonds is 3. The number of nitrogens with one attached hydrogen (secondary N) is 1. The first-order chi connectivity index (χ1) is 11.0. The van der Waals surface area contributed by atoms with Gasteiger partial charge in [0.05, 0.1) is 4.88 Å². The van der Waals surface area contributed by atoms with E-state index in [9.17, 15) is 14.0 Å². The number of likely N-dealkylation sites (N-methyl/N-ethyl adjacent to an activating group) is 1. The van der Waals surface area contributed by atoms with E-state index in [2.05, 4.69) is 5.32 Å². The number of carbonyl (C=O) groups is 2. The molecule has 0 saturated carbocycles. The van der Waals surface area contributed by atoms with E-state index in [1.165, 1.54) is 23.5 Å². The summed E-state index contributed by atoms with van der Waals surface area (Å²) < 4.78 is 13.0. The number of hydrogen-bond donors (Lipinski definition) is 1. The summed E-state index contributed by atoms with van der Waals surface area (Å²) in [6, 6.07) is 7.55. The van der Waals surface area contributed by atoms with Crippen LogP contribution in [0.3, 0.4) is 0 Å². The normalized spacial score (nSPS) is 17.6. The van der Waals surface area contributed by atoms with Crippen LogP contribution in [0.25, 0.3) is 11.1 Å². The molecule has 1 aromatic heterocycles. The highest BCUT2D eigenvalue weighted by Gasteiger charge is 2.30. The number of aryl methyl sites for hydroxylation is 1. The molecule has 23 heavy (non-hydrogen) atoms. The SMILES string of the molecule is Cc1sc(C(=O)N[C@H]2CCN(C)C2=O)cc1-c1ccc(F)cc1. The average Bonchev–Trinajstić information content (AvgIpc) is 3.06. The zero-order valence-electron chi connectivity index (χ0n) is 12.9. The first-order valence-electron chi connectivity index (χ1n) is 7.38. The van der Waals surface area contributed by atoms with Crippen LogP contribution in [0.15, 0.2) is 30.3 Å². The minimum absolute atomic E-state index is 0.0506. The lowest BCUT2D eigenvalue weighted by molar-refractivity contribution is -0.128. The Bertz CT molecular complexity index is 754. The summed E-state index contributed by atoms with van der Waals surface area (Å²) in [7, 11) is 1.73. The third kappa shape index (κ3) is 3.12. The van der Waals surface area contributed by atoms with Crippen molar-refractivity contribution in [2.75, 3.05) is 13.6 Å². The van der Waals surface area contributed by atoms with E-state index in [1.807, 2.05) is 6.92 Å². The zero-order chi connectivity index (χ0) is 16.6. The van der Waals surface area contributed by atoms with Gasteiger partial charge in [0.1, 0.15) is 11.9 Å². The van der Waals surface area contributed by atoms with Crippen molar-refractivity contribution < 1.29 is 14.0 Å². The Hall–Kier alpha value is -2.21. The summed E-state index contributed by atoms with van der Waals surface area (Å²) in [5.41, 5.74) is 1.78. The molecule has 120 valence electrons. The molecule has 1 fully saturated rings. The van der Waals surface area contributed by atoms with E-state index >= 15 is 0 Å². The van der Waals surface area contributed by atoms with Gasteiger partial charge in [0.2, 0.25) is 5.91 Å². The van der Waals surface area contributed by atoms with E-state index in [1.54, 1.807) is 30.1 Å². The molecule has 0 radical (unpaired) electrons. The Morgan fingerprint density at radius 2 is 2.04 bits per heavy atom. The van der Waals surface area contributed by atoms with Gasteiger partial charge < -0.3 is 10.2 Å². The number of likely N-dealkylation sites (tertiary alicyclic amines) is 1. The van der Waals surface area contributed by atoms with Crippen molar-refractivity contribution in [3.63, 3.8) is 0 Å². The summed E-state index contributed by atoms with van der Waals surface area (Å²) in [6.07, 6.45) is 0.635. The highest BCUT2D eigenvalue weighted by Crippen LogP contribution is 2.31. The van der Waals surface area contributed by atoms with E-state index < -0.39 is 6.04 Å². The number of thiophene rings is 1. The van der Waals surface area contributed by atoms with Crippen molar-refractivity contribution in [1.82, 2.24) is 10.2 Å². The van der Waals surface area contributed by atoms with Crippen LogP contribution in [0.1, 0.15) is 21.0 Å². The van der Waals surface area contributed by atoms with Gasteiger partial charge >= 0.3 is 0 Å². The van der Waals surface area contributed by atoms with Gasteiger partial charge in [-0.15, -0.1) is 11.3 Å². The number of nitrogens with zero attached hydrogens (tertiary/aromatic N) is 1. The Balaban J connectivity index is 1.79. The topological polar surface area (TPSA) is 49.4 Å². The highest BCUT2D eigenvalue weighted by molar-refractivity contribution is 7.14. The predicted octanol–water partition coefficient (Wildman–Crippen LogP) is 2.82. The second-order valence-corrected chi connectivity index (χ2v) is 6.92. The average molecular weight is 332 g/mol. The van der Waals surface area contributed by atoms with E-state index in [4.69, 9.17) is 0 Å². The van der Waals surface area contributed by atoms with E-state index in [0.717, 1.165) is 16.0 Å². The summed E-state index contributed by atoms with van der Waals surface area (Å²) in [5, 5.41) is 2.80. The molecule has 4 nitrogen and oxygen atoms in total. The minimum atomic E-state index is -0.441. The Kier molecular flexibility index (Phi) is 4.17. The van der Waals surface area contributed by atoms with Crippen LogP contribution in [-0.2, 0) is 4.79 Å². The predicted molar refractivity (Wildman–Crippen MR) is 88.0 cm³/mol. The summed E-state index contributed by atoms with van der Waals surface area (Å²) in [5.74, 6) is -0.575. The fraction of sp³-hybridized carbons (Fsp3) is 0.294. The monoisotopic (exact) mass is 332 g/mol. The molecule has 2 heterocycles. The molecule has 1 N–H and O–H groups in total. The second-order valence-electron chi connectivity index (χ2n) is 5.66. The van der Waals surface area contributed by atoms with Crippen molar-refractivity contribution in [1.29, 1.82) is 0 Å². The van der Waals surface area contributed by atoms with E-state index in [0.29, 0.717) is 17.8 Å². The maximum Gasteiger partial charge on any atom is 0.262 e. The van der Waals surface area contributed by atoms with Crippen LogP contribution in [-0.4, -0.2) is 36.3 Å². The standard InChI is InChI=1S/C17H17FN2O2S/c1-10-13(11-3-5-12(18)6-4-11)9-15(23-10)16(21)19-14-7-8-20(2)17(14)22/h3-6,9,14H,7-8H2,1-2H3,(H,19,21)/t14-/m0/s1. The summed E-state index contributed by atoms with van der Waals surface area (Å²) in [6.45, 7) is 2.59. The molecule has 1 aliphatic rings. The van der Waals surface area contributed by atoms with Crippen LogP contribution in [0.2, 0.25) is 0 Å². The fourth-order valence-corrected chi connectivity index (χ4v) is 3.64. The number of halogens is 1. The summed E-state index contributed by atoms with van der Waals surface area (Å²) >= 11 is 1.38. The molecular weight excluding hydrogens is 315 g/mol. The van der Waals surface area contributed by atoms with Crippen LogP contribution in [0.5, 0.6) is 0 Å². The van der Waals surface area contributed by atoms with Crippen LogP contribution < -0.4 is 5.32 Å². The van der Waals surface area contributed by atoms with Gasteiger partial charge in [-0.3, -0.25) is 9.59 Å². The molecule has 6 heteroatoms. The zero-order valence-corrected chi connectivity index (χ0v) is 13.7. The smallest absolute Gasteiger partial charge is 0.262 e. The van der Waals surface area contributed by atoms with Gasteiger partial charge in [-0.05, 0) is 42.7 Å².